The number of esters is 1. The van der Waals surface area contributed by atoms with Gasteiger partial charge in [-0.05, 0) is 84.3 Å². The van der Waals surface area contributed by atoms with E-state index >= 15 is 0 Å². The Morgan fingerprint density at radius 3 is 1.56 bits per heavy atom. The fraction of sp³-hybridized carbons (Fsp3) is 0.921. The van der Waals surface area contributed by atoms with Crippen LogP contribution in [-0.2, 0) is 9.53 Å². The first-order valence-corrected chi connectivity index (χ1v) is 18.5. The molecular formula is C38H75NO2. The summed E-state index contributed by atoms with van der Waals surface area (Å²) in [5, 5.41) is 0. The predicted octanol–water partition coefficient (Wildman–Crippen LogP) is 12.2. The lowest BCUT2D eigenvalue weighted by molar-refractivity contribution is -0.153. The minimum Gasteiger partial charge on any atom is -0.462 e. The van der Waals surface area contributed by atoms with E-state index in [1.54, 1.807) is 0 Å². The first-order chi connectivity index (χ1) is 20.0. The second-order valence-electron chi connectivity index (χ2n) is 13.1. The summed E-state index contributed by atoms with van der Waals surface area (Å²) < 4.78 is 6.34. The van der Waals surface area contributed by atoms with E-state index in [9.17, 15) is 4.79 Å². The number of hydrogen-bond donors (Lipinski definition) is 0. The molecule has 0 heterocycles. The highest BCUT2D eigenvalue weighted by atomic mass is 16.5. The second-order valence-corrected chi connectivity index (χ2v) is 13.1. The van der Waals surface area contributed by atoms with Crippen molar-refractivity contribution in [3.63, 3.8) is 0 Å². The van der Waals surface area contributed by atoms with E-state index in [1.165, 1.54) is 128 Å². The highest BCUT2D eigenvalue weighted by Gasteiger charge is 2.24. The summed E-state index contributed by atoms with van der Waals surface area (Å²) in [6.07, 6.45) is 38.5. The van der Waals surface area contributed by atoms with Crippen molar-refractivity contribution in [2.45, 2.75) is 200 Å². The van der Waals surface area contributed by atoms with Crippen LogP contribution in [0.2, 0.25) is 0 Å². The summed E-state index contributed by atoms with van der Waals surface area (Å²) in [5.41, 5.74) is 0. The van der Waals surface area contributed by atoms with Crippen molar-refractivity contribution in [1.29, 1.82) is 0 Å². The van der Waals surface area contributed by atoms with E-state index < -0.39 is 0 Å². The third-order valence-corrected chi connectivity index (χ3v) is 8.65. The molecule has 0 bridgehead atoms. The van der Waals surface area contributed by atoms with Gasteiger partial charge in [-0.1, -0.05) is 142 Å². The first-order valence-electron chi connectivity index (χ1n) is 18.5. The first kappa shape index (κ1) is 40.2. The number of carbonyl (C=O) groups is 1. The van der Waals surface area contributed by atoms with Crippen LogP contribution in [0.1, 0.15) is 194 Å². The maximum Gasteiger partial charge on any atom is 0.306 e. The van der Waals surface area contributed by atoms with Gasteiger partial charge in [0.25, 0.3) is 0 Å². The SMILES string of the molecule is CCCCCC=CCCCC(OC(=O)CCCCCN(C)C)C(CCCCCCCC)CCCCCCCCCC. The van der Waals surface area contributed by atoms with Crippen LogP contribution in [0.25, 0.3) is 0 Å². The van der Waals surface area contributed by atoms with Crippen LogP contribution in [0.4, 0.5) is 0 Å². The summed E-state index contributed by atoms with van der Waals surface area (Å²) in [5.74, 6) is 0.589. The topological polar surface area (TPSA) is 29.5 Å². The predicted molar refractivity (Wildman–Crippen MR) is 183 cm³/mol. The van der Waals surface area contributed by atoms with Crippen LogP contribution in [-0.4, -0.2) is 37.6 Å². The second kappa shape index (κ2) is 32.1. The molecule has 41 heavy (non-hydrogen) atoms. The molecule has 0 saturated carbocycles. The van der Waals surface area contributed by atoms with Gasteiger partial charge < -0.3 is 9.64 Å². The Morgan fingerprint density at radius 2 is 1.02 bits per heavy atom. The van der Waals surface area contributed by atoms with E-state index in [4.69, 9.17) is 4.74 Å². The number of unbranched alkanes of at least 4 members (excludes halogenated alkanes) is 18. The number of nitrogens with zero attached hydrogens (tertiary/aromatic N) is 1. The van der Waals surface area contributed by atoms with Crippen molar-refractivity contribution in [2.24, 2.45) is 5.92 Å². The normalized spacial score (nSPS) is 13.3. The van der Waals surface area contributed by atoms with Crippen LogP contribution in [0, 0.1) is 5.92 Å². The van der Waals surface area contributed by atoms with Crippen LogP contribution in [0.15, 0.2) is 12.2 Å². The number of rotatable bonds is 32. The molecule has 0 spiro atoms. The molecular weight excluding hydrogens is 502 g/mol. The number of hydrogen-bond acceptors (Lipinski definition) is 3. The Morgan fingerprint density at radius 1 is 0.561 bits per heavy atom. The monoisotopic (exact) mass is 578 g/mol. The lowest BCUT2D eigenvalue weighted by Gasteiger charge is -2.28. The Balaban J connectivity index is 4.98. The third kappa shape index (κ3) is 29.0. The summed E-state index contributed by atoms with van der Waals surface area (Å²) in [6.45, 7) is 7.95. The molecule has 0 aromatic carbocycles. The fourth-order valence-electron chi connectivity index (χ4n) is 5.92. The number of carbonyl (C=O) groups excluding carboxylic acids is 1. The fourth-order valence-corrected chi connectivity index (χ4v) is 5.92. The minimum atomic E-state index is 0.0545. The maximum absolute atomic E-state index is 13.0. The van der Waals surface area contributed by atoms with E-state index in [-0.39, 0.29) is 12.1 Å². The summed E-state index contributed by atoms with van der Waals surface area (Å²) in [4.78, 5) is 15.2. The summed E-state index contributed by atoms with van der Waals surface area (Å²) in [6, 6.07) is 0. The van der Waals surface area contributed by atoms with Gasteiger partial charge in [0.15, 0.2) is 0 Å². The van der Waals surface area contributed by atoms with Crippen LogP contribution >= 0.6 is 0 Å². The maximum atomic E-state index is 13.0. The lowest BCUT2D eigenvalue weighted by atomic mass is 9.87. The molecule has 0 aromatic rings. The molecule has 0 aromatic heterocycles. The number of ether oxygens (including phenoxy) is 1. The molecule has 0 aliphatic heterocycles. The molecule has 0 aliphatic carbocycles. The smallest absolute Gasteiger partial charge is 0.306 e. The Bertz CT molecular complexity index is 558. The zero-order valence-electron chi connectivity index (χ0n) is 28.9. The molecule has 2 atom stereocenters. The molecule has 3 heteroatoms. The lowest BCUT2D eigenvalue weighted by Crippen LogP contribution is -2.27. The van der Waals surface area contributed by atoms with Crippen molar-refractivity contribution in [3.8, 4) is 0 Å². The number of allylic oxidation sites excluding steroid dienone is 2. The van der Waals surface area contributed by atoms with Crippen molar-refractivity contribution >= 4 is 5.97 Å². The van der Waals surface area contributed by atoms with E-state index in [0.717, 1.165) is 45.1 Å². The van der Waals surface area contributed by atoms with Gasteiger partial charge in [0.1, 0.15) is 6.10 Å². The van der Waals surface area contributed by atoms with Gasteiger partial charge in [-0.15, -0.1) is 0 Å². The van der Waals surface area contributed by atoms with Crippen molar-refractivity contribution < 1.29 is 9.53 Å². The van der Waals surface area contributed by atoms with Crippen LogP contribution in [0.3, 0.4) is 0 Å². The molecule has 0 rings (SSSR count). The van der Waals surface area contributed by atoms with Crippen molar-refractivity contribution in [2.75, 3.05) is 20.6 Å². The van der Waals surface area contributed by atoms with Gasteiger partial charge in [0, 0.05) is 6.42 Å². The van der Waals surface area contributed by atoms with E-state index in [1.807, 2.05) is 0 Å². The summed E-state index contributed by atoms with van der Waals surface area (Å²) in [7, 11) is 4.24. The third-order valence-electron chi connectivity index (χ3n) is 8.65. The molecule has 3 nitrogen and oxygen atoms in total. The van der Waals surface area contributed by atoms with Crippen molar-refractivity contribution in [1.82, 2.24) is 4.90 Å². The average Bonchev–Trinajstić information content (AvgIpc) is 2.95. The summed E-state index contributed by atoms with van der Waals surface area (Å²) >= 11 is 0. The molecule has 0 N–H and O–H groups in total. The van der Waals surface area contributed by atoms with Gasteiger partial charge in [-0.2, -0.15) is 0 Å². The van der Waals surface area contributed by atoms with Gasteiger partial charge >= 0.3 is 5.97 Å². The highest BCUT2D eigenvalue weighted by Crippen LogP contribution is 2.28. The Hall–Kier alpha value is -0.830. The van der Waals surface area contributed by atoms with Gasteiger partial charge in [0.2, 0.25) is 0 Å². The van der Waals surface area contributed by atoms with Gasteiger partial charge in [-0.25, -0.2) is 0 Å². The molecule has 0 amide bonds. The quantitative estimate of drug-likeness (QED) is 0.0452. The minimum absolute atomic E-state index is 0.0545. The average molecular weight is 578 g/mol. The Kier molecular flexibility index (Phi) is 31.4. The van der Waals surface area contributed by atoms with Gasteiger partial charge in [0.05, 0.1) is 0 Å². The molecule has 244 valence electrons. The van der Waals surface area contributed by atoms with Crippen LogP contribution < -0.4 is 0 Å². The zero-order chi connectivity index (χ0) is 30.2. The van der Waals surface area contributed by atoms with E-state index in [0.29, 0.717) is 12.3 Å². The molecule has 0 saturated heterocycles. The zero-order valence-corrected chi connectivity index (χ0v) is 28.9. The largest absolute Gasteiger partial charge is 0.462 e. The van der Waals surface area contributed by atoms with Crippen LogP contribution in [0.5, 0.6) is 0 Å². The van der Waals surface area contributed by atoms with E-state index in [2.05, 4.69) is 51.9 Å². The standard InChI is InChI=1S/C38H75NO2/c1-6-9-12-15-18-20-23-27-32-36(31-26-22-17-14-11-8-3)37(33-28-24-21-19-16-13-10-7-2)41-38(40)34-29-25-30-35-39(4)5/h19,21,36-37H,6-18,20,22-35H2,1-5H3. The van der Waals surface area contributed by atoms with Gasteiger partial charge in [-0.3, -0.25) is 4.79 Å². The molecule has 0 radical (unpaired) electrons. The Labute approximate surface area is 259 Å². The van der Waals surface area contributed by atoms with Crippen molar-refractivity contribution in [3.05, 3.63) is 12.2 Å². The molecule has 2 unspecified atom stereocenters. The molecule has 0 fully saturated rings. The molecule has 0 aliphatic rings. The highest BCUT2D eigenvalue weighted by molar-refractivity contribution is 5.69.